The van der Waals surface area contributed by atoms with Crippen molar-refractivity contribution < 1.29 is 9.59 Å². The van der Waals surface area contributed by atoms with Crippen molar-refractivity contribution in [2.24, 2.45) is 0 Å². The number of anilines is 1. The molecule has 6 nitrogen and oxygen atoms in total. The molecule has 138 valence electrons. The summed E-state index contributed by atoms with van der Waals surface area (Å²) in [5.41, 5.74) is 1.90. The summed E-state index contributed by atoms with van der Waals surface area (Å²) in [7, 11) is 0. The van der Waals surface area contributed by atoms with Crippen LogP contribution in [0.5, 0.6) is 0 Å². The second kappa shape index (κ2) is 9.20. The van der Waals surface area contributed by atoms with Gasteiger partial charge in [0.15, 0.2) is 0 Å². The molecule has 0 aliphatic carbocycles. The highest BCUT2D eigenvalue weighted by Gasteiger charge is 2.23. The van der Waals surface area contributed by atoms with Crippen LogP contribution in [0.3, 0.4) is 0 Å². The summed E-state index contributed by atoms with van der Waals surface area (Å²) in [6.07, 6.45) is 0.925. The third-order valence-electron chi connectivity index (χ3n) is 4.41. The van der Waals surface area contributed by atoms with E-state index < -0.39 is 0 Å². The lowest BCUT2D eigenvalue weighted by molar-refractivity contribution is -0.123. The predicted molar refractivity (Wildman–Crippen MR) is 104 cm³/mol. The number of nitrogens with zero attached hydrogens (tertiary/aromatic N) is 2. The van der Waals surface area contributed by atoms with Crippen molar-refractivity contribution in [1.82, 2.24) is 15.1 Å². The maximum Gasteiger partial charge on any atom is 0.321 e. The molecule has 1 atom stereocenters. The van der Waals surface area contributed by atoms with Crippen molar-refractivity contribution in [1.29, 1.82) is 0 Å². The zero-order valence-corrected chi connectivity index (χ0v) is 16.7. The van der Waals surface area contributed by atoms with Crippen molar-refractivity contribution in [2.75, 3.05) is 38.0 Å². The monoisotopic (exact) mass is 410 g/mol. The molecule has 7 heteroatoms. The number of halogens is 1. The van der Waals surface area contributed by atoms with Crippen molar-refractivity contribution in [3.05, 3.63) is 28.2 Å². The second-order valence-corrected chi connectivity index (χ2v) is 7.41. The van der Waals surface area contributed by atoms with Gasteiger partial charge in [0.25, 0.3) is 0 Å². The Balaban J connectivity index is 1.79. The topological polar surface area (TPSA) is 64.7 Å². The fourth-order valence-corrected chi connectivity index (χ4v) is 3.24. The number of aryl methyl sites for hydroxylation is 1. The van der Waals surface area contributed by atoms with Gasteiger partial charge in [-0.25, -0.2) is 4.79 Å². The van der Waals surface area contributed by atoms with E-state index >= 15 is 0 Å². The molecule has 1 saturated heterocycles. The minimum Gasteiger partial charge on any atom is -0.353 e. The Bertz CT molecular complexity index is 615. The number of piperazine rings is 1. The molecule has 2 rings (SSSR count). The van der Waals surface area contributed by atoms with Gasteiger partial charge in [-0.2, -0.15) is 0 Å². The number of urea groups is 1. The van der Waals surface area contributed by atoms with Crippen molar-refractivity contribution in [2.45, 2.75) is 33.2 Å². The third kappa shape index (κ3) is 6.01. The average molecular weight is 411 g/mol. The van der Waals surface area contributed by atoms with Gasteiger partial charge in [0.1, 0.15) is 0 Å². The highest BCUT2D eigenvalue weighted by atomic mass is 79.9. The molecule has 1 fully saturated rings. The van der Waals surface area contributed by atoms with Crippen LogP contribution < -0.4 is 10.6 Å². The molecule has 1 aliphatic heterocycles. The van der Waals surface area contributed by atoms with Crippen molar-refractivity contribution >= 4 is 33.6 Å². The van der Waals surface area contributed by atoms with Crippen molar-refractivity contribution in [3.63, 3.8) is 0 Å². The summed E-state index contributed by atoms with van der Waals surface area (Å²) in [5.74, 6) is 0.0517. The van der Waals surface area contributed by atoms with E-state index in [0.717, 1.165) is 22.1 Å². The fourth-order valence-electron chi connectivity index (χ4n) is 2.65. The van der Waals surface area contributed by atoms with E-state index in [4.69, 9.17) is 0 Å². The highest BCUT2D eigenvalue weighted by Crippen LogP contribution is 2.23. The first-order valence-electron chi connectivity index (χ1n) is 8.72. The summed E-state index contributed by atoms with van der Waals surface area (Å²) >= 11 is 3.48. The number of hydrogen-bond acceptors (Lipinski definition) is 3. The van der Waals surface area contributed by atoms with E-state index in [9.17, 15) is 9.59 Å². The molecular weight excluding hydrogens is 384 g/mol. The standard InChI is InChI=1S/C18H27BrN4O2/c1-4-14(3)20-17(24)12-22-7-9-23(10-8-22)18(25)21-16-6-5-13(2)11-15(16)19/h5-6,11,14H,4,7-10,12H2,1-3H3,(H,20,24)(H,21,25). The SMILES string of the molecule is CCC(C)NC(=O)CN1CCN(C(=O)Nc2ccc(C)cc2Br)CC1. The van der Waals surface area contributed by atoms with Gasteiger partial charge in [0.05, 0.1) is 12.2 Å². The Hall–Kier alpha value is -1.60. The van der Waals surface area contributed by atoms with Crippen LogP contribution in [0.25, 0.3) is 0 Å². The lowest BCUT2D eigenvalue weighted by atomic mass is 10.2. The van der Waals surface area contributed by atoms with E-state index in [0.29, 0.717) is 32.7 Å². The first-order valence-corrected chi connectivity index (χ1v) is 9.52. The summed E-state index contributed by atoms with van der Waals surface area (Å²) in [5, 5.41) is 5.91. The predicted octanol–water partition coefficient (Wildman–Crippen LogP) is 2.82. The van der Waals surface area contributed by atoms with E-state index in [2.05, 4.69) is 38.4 Å². The minimum atomic E-state index is -0.103. The minimum absolute atomic E-state index is 0.0517. The quantitative estimate of drug-likeness (QED) is 0.783. The molecular formula is C18H27BrN4O2. The van der Waals surface area contributed by atoms with E-state index in [1.165, 1.54) is 0 Å². The Kier molecular flexibility index (Phi) is 7.25. The van der Waals surface area contributed by atoms with Crippen LogP contribution >= 0.6 is 15.9 Å². The first-order chi connectivity index (χ1) is 11.9. The van der Waals surface area contributed by atoms with Crippen LogP contribution in [-0.4, -0.2) is 60.5 Å². The molecule has 0 bridgehead atoms. The van der Waals surface area contributed by atoms with Gasteiger partial charge in [-0.1, -0.05) is 13.0 Å². The van der Waals surface area contributed by atoms with Crippen LogP contribution in [0, 0.1) is 6.92 Å². The normalized spacial score (nSPS) is 16.4. The van der Waals surface area contributed by atoms with Crippen LogP contribution in [0.1, 0.15) is 25.8 Å². The summed E-state index contributed by atoms with van der Waals surface area (Å²) < 4.78 is 0.876. The highest BCUT2D eigenvalue weighted by molar-refractivity contribution is 9.10. The molecule has 3 amide bonds. The first kappa shape index (κ1) is 19.7. The maximum atomic E-state index is 12.4. The smallest absolute Gasteiger partial charge is 0.321 e. The van der Waals surface area contributed by atoms with Crippen molar-refractivity contribution in [3.8, 4) is 0 Å². The van der Waals surface area contributed by atoms with Crippen LogP contribution in [0.2, 0.25) is 0 Å². The van der Waals surface area contributed by atoms with Gasteiger partial charge in [-0.3, -0.25) is 9.69 Å². The molecule has 0 aromatic heterocycles. The van der Waals surface area contributed by atoms with Crippen LogP contribution in [0.4, 0.5) is 10.5 Å². The molecule has 2 N–H and O–H groups in total. The number of amides is 3. The van der Waals surface area contributed by atoms with Gasteiger partial charge in [0.2, 0.25) is 5.91 Å². The maximum absolute atomic E-state index is 12.4. The Morgan fingerprint density at radius 1 is 1.24 bits per heavy atom. The molecule has 1 aliphatic rings. The zero-order chi connectivity index (χ0) is 18.4. The number of benzene rings is 1. The summed E-state index contributed by atoms with van der Waals surface area (Å²) in [4.78, 5) is 28.2. The van der Waals surface area contributed by atoms with Gasteiger partial charge in [-0.05, 0) is 53.9 Å². The Morgan fingerprint density at radius 2 is 1.92 bits per heavy atom. The molecule has 1 aromatic carbocycles. The third-order valence-corrected chi connectivity index (χ3v) is 5.07. The van der Waals surface area contributed by atoms with Crippen LogP contribution in [0.15, 0.2) is 22.7 Å². The van der Waals surface area contributed by atoms with Gasteiger partial charge in [-0.15, -0.1) is 0 Å². The fraction of sp³-hybridized carbons (Fsp3) is 0.556. The molecule has 0 spiro atoms. The zero-order valence-electron chi connectivity index (χ0n) is 15.1. The number of nitrogens with one attached hydrogen (secondary N) is 2. The largest absolute Gasteiger partial charge is 0.353 e. The molecule has 1 heterocycles. The van der Waals surface area contributed by atoms with E-state index in [1.807, 2.05) is 32.0 Å². The van der Waals surface area contributed by atoms with E-state index in [-0.39, 0.29) is 18.0 Å². The lowest BCUT2D eigenvalue weighted by Crippen LogP contribution is -2.52. The molecule has 0 saturated carbocycles. The number of carbonyl (C=O) groups is 2. The molecule has 0 radical (unpaired) electrons. The van der Waals surface area contributed by atoms with Gasteiger partial charge < -0.3 is 15.5 Å². The average Bonchev–Trinajstić information content (AvgIpc) is 2.57. The van der Waals surface area contributed by atoms with Gasteiger partial charge in [0, 0.05) is 36.7 Å². The van der Waals surface area contributed by atoms with Crippen LogP contribution in [-0.2, 0) is 4.79 Å². The Labute approximate surface area is 158 Å². The molecule has 1 aromatic rings. The summed E-state index contributed by atoms with van der Waals surface area (Å²) in [6, 6.07) is 5.94. The Morgan fingerprint density at radius 3 is 2.52 bits per heavy atom. The number of hydrogen-bond donors (Lipinski definition) is 2. The van der Waals surface area contributed by atoms with Gasteiger partial charge >= 0.3 is 6.03 Å². The summed E-state index contributed by atoms with van der Waals surface area (Å²) in [6.45, 7) is 9.10. The molecule has 25 heavy (non-hydrogen) atoms. The van der Waals surface area contributed by atoms with E-state index in [1.54, 1.807) is 4.90 Å². The number of carbonyl (C=O) groups excluding carboxylic acids is 2. The number of rotatable bonds is 5. The molecule has 1 unspecified atom stereocenters. The lowest BCUT2D eigenvalue weighted by Gasteiger charge is -2.34. The second-order valence-electron chi connectivity index (χ2n) is 6.55.